The first kappa shape index (κ1) is 21.2. The van der Waals surface area contributed by atoms with Crippen LogP contribution in [-0.2, 0) is 21.9 Å². The molecule has 0 unspecified atom stereocenters. The summed E-state index contributed by atoms with van der Waals surface area (Å²) in [7, 11) is -4.47. The fourth-order valence-electron chi connectivity index (χ4n) is 4.04. The summed E-state index contributed by atoms with van der Waals surface area (Å²) >= 11 is 0. The van der Waals surface area contributed by atoms with Crippen LogP contribution >= 0.6 is 7.82 Å². The van der Waals surface area contributed by atoms with Crippen molar-refractivity contribution in [3.8, 4) is 0 Å². The van der Waals surface area contributed by atoms with E-state index in [9.17, 15) is 4.57 Å². The molecule has 1 saturated carbocycles. The number of aryl methyl sites for hydroxylation is 2. The lowest BCUT2D eigenvalue weighted by molar-refractivity contribution is 0.153. The van der Waals surface area contributed by atoms with Crippen molar-refractivity contribution < 1.29 is 18.9 Å². The average molecular weight is 403 g/mol. The summed E-state index contributed by atoms with van der Waals surface area (Å²) in [5.41, 5.74) is 9.61. The minimum atomic E-state index is -4.47. The highest BCUT2D eigenvalue weighted by Gasteiger charge is 2.38. The topological polar surface area (TPSA) is 92.8 Å². The first-order valence-corrected chi connectivity index (χ1v) is 11.5. The van der Waals surface area contributed by atoms with E-state index in [1.165, 1.54) is 29.5 Å². The van der Waals surface area contributed by atoms with Gasteiger partial charge in [-0.25, -0.2) is 4.57 Å². The summed E-state index contributed by atoms with van der Waals surface area (Å²) in [6.07, 6.45) is 6.86. The van der Waals surface area contributed by atoms with Crippen molar-refractivity contribution in [3.63, 3.8) is 0 Å². The zero-order chi connectivity index (χ0) is 20.0. The van der Waals surface area contributed by atoms with E-state index in [1.54, 1.807) is 0 Å². The Balaban J connectivity index is 1.44. The molecule has 2 aromatic rings. The van der Waals surface area contributed by atoms with Crippen LogP contribution in [0.25, 0.3) is 0 Å². The number of phosphoric acid groups is 1. The molecule has 0 aliphatic heterocycles. The molecule has 1 aliphatic rings. The molecule has 0 aromatic heterocycles. The van der Waals surface area contributed by atoms with Gasteiger partial charge in [0.05, 0.1) is 6.61 Å². The van der Waals surface area contributed by atoms with Crippen molar-refractivity contribution in [1.29, 1.82) is 0 Å². The van der Waals surface area contributed by atoms with Crippen LogP contribution < -0.4 is 5.73 Å². The molecule has 28 heavy (non-hydrogen) atoms. The first-order chi connectivity index (χ1) is 13.3. The number of hydrogen-bond acceptors (Lipinski definition) is 3. The Morgan fingerprint density at radius 2 is 1.61 bits per heavy atom. The van der Waals surface area contributed by atoms with Gasteiger partial charge in [-0.1, -0.05) is 54.6 Å². The van der Waals surface area contributed by atoms with Gasteiger partial charge in [-0.15, -0.1) is 0 Å². The minimum Gasteiger partial charge on any atom is -0.323 e. The standard InChI is InChI=1S/C22H30NO4P/c23-22(17-27-28(24,25)26)15-14-21(16-22)20-12-10-19(11-13-20)9-5-4-8-18-6-2-1-3-7-18/h1-3,6-7,10-13,21H,4-5,8-9,14-17,23H2,(H2,24,25,26)/t21-,22-/m1/s1. The van der Waals surface area contributed by atoms with Crippen LogP contribution in [0, 0.1) is 0 Å². The summed E-state index contributed by atoms with van der Waals surface area (Å²) in [5, 5.41) is 0. The molecule has 3 rings (SSSR count). The Bertz CT molecular complexity index is 790. The van der Waals surface area contributed by atoms with Crippen LogP contribution in [0.3, 0.4) is 0 Å². The molecular formula is C22H30NO4P. The number of unbranched alkanes of at least 4 members (excludes halogenated alkanes) is 1. The number of rotatable bonds is 9. The molecule has 0 saturated heterocycles. The van der Waals surface area contributed by atoms with Gasteiger partial charge in [-0.2, -0.15) is 0 Å². The summed E-state index contributed by atoms with van der Waals surface area (Å²) < 4.78 is 15.6. The van der Waals surface area contributed by atoms with Crippen molar-refractivity contribution in [3.05, 3.63) is 71.3 Å². The van der Waals surface area contributed by atoms with Gasteiger partial charge in [0.15, 0.2) is 0 Å². The van der Waals surface area contributed by atoms with Gasteiger partial charge in [0, 0.05) is 5.54 Å². The normalized spacial score (nSPS) is 22.5. The third kappa shape index (κ3) is 6.54. The van der Waals surface area contributed by atoms with Gasteiger partial charge in [-0.05, 0) is 67.6 Å². The van der Waals surface area contributed by atoms with E-state index >= 15 is 0 Å². The molecule has 0 radical (unpaired) electrons. The average Bonchev–Trinajstić information content (AvgIpc) is 3.07. The van der Waals surface area contributed by atoms with E-state index in [2.05, 4.69) is 59.1 Å². The Labute approximate surface area is 167 Å². The lowest BCUT2D eigenvalue weighted by Crippen LogP contribution is -2.41. The van der Waals surface area contributed by atoms with Gasteiger partial charge >= 0.3 is 7.82 Å². The Morgan fingerprint density at radius 3 is 2.21 bits per heavy atom. The van der Waals surface area contributed by atoms with Crippen LogP contribution in [0.5, 0.6) is 0 Å². The van der Waals surface area contributed by atoms with Gasteiger partial charge < -0.3 is 15.5 Å². The molecule has 1 fully saturated rings. The molecule has 2 atom stereocenters. The van der Waals surface area contributed by atoms with Crippen molar-refractivity contribution in [1.82, 2.24) is 0 Å². The molecular weight excluding hydrogens is 373 g/mol. The minimum absolute atomic E-state index is 0.104. The molecule has 0 heterocycles. The van der Waals surface area contributed by atoms with Gasteiger partial charge in [-0.3, -0.25) is 4.52 Å². The monoisotopic (exact) mass is 403 g/mol. The molecule has 0 bridgehead atoms. The van der Waals surface area contributed by atoms with Gasteiger partial charge in [0.25, 0.3) is 0 Å². The van der Waals surface area contributed by atoms with E-state index < -0.39 is 13.4 Å². The lowest BCUT2D eigenvalue weighted by atomic mass is 9.92. The maximum atomic E-state index is 10.9. The molecule has 2 aromatic carbocycles. The fourth-order valence-corrected chi connectivity index (χ4v) is 4.47. The van der Waals surface area contributed by atoms with E-state index in [-0.39, 0.29) is 6.61 Å². The highest BCUT2D eigenvalue weighted by atomic mass is 31.2. The quantitative estimate of drug-likeness (QED) is 0.428. The van der Waals surface area contributed by atoms with Crippen molar-refractivity contribution in [2.45, 2.75) is 56.4 Å². The number of hydrogen-bond donors (Lipinski definition) is 3. The van der Waals surface area contributed by atoms with Crippen LogP contribution in [-0.4, -0.2) is 21.9 Å². The summed E-state index contributed by atoms with van der Waals surface area (Å²) in [5.74, 6) is 0.317. The molecule has 1 aliphatic carbocycles. The van der Waals surface area contributed by atoms with Crippen molar-refractivity contribution in [2.24, 2.45) is 5.73 Å². The predicted molar refractivity (Wildman–Crippen MR) is 111 cm³/mol. The maximum absolute atomic E-state index is 10.9. The third-order valence-corrected chi connectivity index (χ3v) is 6.10. The second-order valence-corrected chi connectivity index (χ2v) is 9.24. The Hall–Kier alpha value is -1.49. The molecule has 152 valence electrons. The van der Waals surface area contributed by atoms with Crippen LogP contribution in [0.15, 0.2) is 54.6 Å². The molecule has 0 amide bonds. The Morgan fingerprint density at radius 1 is 1.00 bits per heavy atom. The summed E-state index contributed by atoms with van der Waals surface area (Å²) in [6.45, 7) is -0.104. The van der Waals surface area contributed by atoms with Crippen molar-refractivity contribution >= 4 is 7.82 Å². The molecule has 5 nitrogen and oxygen atoms in total. The fraction of sp³-hybridized carbons (Fsp3) is 0.455. The highest BCUT2D eigenvalue weighted by molar-refractivity contribution is 7.46. The Kier molecular flexibility index (Phi) is 7.08. The lowest BCUT2D eigenvalue weighted by Gasteiger charge is -2.24. The van der Waals surface area contributed by atoms with E-state index in [4.69, 9.17) is 15.5 Å². The van der Waals surface area contributed by atoms with Gasteiger partial charge in [0.1, 0.15) is 0 Å². The zero-order valence-corrected chi connectivity index (χ0v) is 17.1. The van der Waals surface area contributed by atoms with Crippen LogP contribution in [0.4, 0.5) is 0 Å². The second kappa shape index (κ2) is 9.34. The smallest absolute Gasteiger partial charge is 0.323 e. The molecule has 0 spiro atoms. The second-order valence-electron chi connectivity index (χ2n) is 8.00. The number of nitrogens with two attached hydrogens (primary N) is 1. The number of benzene rings is 2. The SMILES string of the molecule is N[C@]1(COP(=O)(O)O)CC[C@@H](c2ccc(CCCCc3ccccc3)cc2)C1. The predicted octanol–water partition coefficient (Wildman–Crippen LogP) is 4.33. The van der Waals surface area contributed by atoms with E-state index in [0.29, 0.717) is 18.8 Å². The maximum Gasteiger partial charge on any atom is 0.469 e. The molecule has 4 N–H and O–H groups in total. The summed E-state index contributed by atoms with van der Waals surface area (Å²) in [6, 6.07) is 19.3. The zero-order valence-electron chi connectivity index (χ0n) is 16.2. The first-order valence-electron chi connectivity index (χ1n) is 9.95. The van der Waals surface area contributed by atoms with Crippen LogP contribution in [0.1, 0.15) is 54.7 Å². The molecule has 6 heteroatoms. The summed E-state index contributed by atoms with van der Waals surface area (Å²) in [4.78, 5) is 17.8. The van der Waals surface area contributed by atoms with Crippen LogP contribution in [0.2, 0.25) is 0 Å². The van der Waals surface area contributed by atoms with E-state index in [0.717, 1.165) is 19.3 Å². The van der Waals surface area contributed by atoms with Crippen molar-refractivity contribution in [2.75, 3.05) is 6.61 Å². The highest BCUT2D eigenvalue weighted by Crippen LogP contribution is 2.43. The van der Waals surface area contributed by atoms with E-state index in [1.807, 2.05) is 0 Å². The number of phosphoric ester groups is 1. The third-order valence-electron chi connectivity index (χ3n) is 5.64. The largest absolute Gasteiger partial charge is 0.469 e. The van der Waals surface area contributed by atoms with Gasteiger partial charge in [0.2, 0.25) is 0 Å².